The Morgan fingerprint density at radius 1 is 1.39 bits per heavy atom. The SMILES string of the molecule is Cc1nn(C2CC(O)CCC23CCCC3)c(=O)o1. The van der Waals surface area contributed by atoms with Crippen LogP contribution in [0.25, 0.3) is 0 Å². The second-order valence-corrected chi connectivity index (χ2v) is 5.85. The first-order chi connectivity index (χ1) is 8.61. The number of aliphatic hydroxyl groups excluding tert-OH is 1. The van der Waals surface area contributed by atoms with Gasteiger partial charge in [-0.1, -0.05) is 12.8 Å². The van der Waals surface area contributed by atoms with Crippen molar-refractivity contribution in [3.63, 3.8) is 0 Å². The molecule has 5 heteroatoms. The summed E-state index contributed by atoms with van der Waals surface area (Å²) >= 11 is 0. The predicted molar refractivity (Wildman–Crippen MR) is 65.3 cm³/mol. The third kappa shape index (κ3) is 1.81. The molecule has 18 heavy (non-hydrogen) atoms. The van der Waals surface area contributed by atoms with E-state index in [9.17, 15) is 9.90 Å². The lowest BCUT2D eigenvalue weighted by Gasteiger charge is -2.42. The average Bonchev–Trinajstić information content (AvgIpc) is 2.91. The number of hydrogen-bond acceptors (Lipinski definition) is 4. The third-order valence-electron chi connectivity index (χ3n) is 4.74. The van der Waals surface area contributed by atoms with Crippen molar-refractivity contribution in [2.24, 2.45) is 5.41 Å². The standard InChI is InChI=1S/C13H20N2O3/c1-9-14-15(12(17)18-9)11-8-10(16)4-7-13(11)5-2-3-6-13/h10-11,16H,2-8H2,1H3. The fraction of sp³-hybridized carbons (Fsp3) is 0.846. The highest BCUT2D eigenvalue weighted by Gasteiger charge is 2.47. The molecule has 1 spiro atoms. The first-order valence-corrected chi connectivity index (χ1v) is 6.85. The van der Waals surface area contributed by atoms with Gasteiger partial charge in [0.25, 0.3) is 0 Å². The second-order valence-electron chi connectivity index (χ2n) is 5.85. The number of rotatable bonds is 1. The van der Waals surface area contributed by atoms with Crippen LogP contribution in [-0.2, 0) is 0 Å². The summed E-state index contributed by atoms with van der Waals surface area (Å²) in [5.41, 5.74) is 0.159. The molecule has 100 valence electrons. The first-order valence-electron chi connectivity index (χ1n) is 6.85. The highest BCUT2D eigenvalue weighted by atomic mass is 16.4. The van der Waals surface area contributed by atoms with Crippen molar-refractivity contribution in [3.8, 4) is 0 Å². The molecule has 0 aromatic carbocycles. The Balaban J connectivity index is 2.00. The molecule has 2 saturated carbocycles. The van der Waals surface area contributed by atoms with Crippen molar-refractivity contribution in [2.75, 3.05) is 0 Å². The maximum atomic E-state index is 11.8. The Morgan fingerprint density at radius 3 is 2.72 bits per heavy atom. The van der Waals surface area contributed by atoms with Crippen molar-refractivity contribution in [1.29, 1.82) is 0 Å². The van der Waals surface area contributed by atoms with Crippen molar-refractivity contribution in [1.82, 2.24) is 9.78 Å². The van der Waals surface area contributed by atoms with Crippen molar-refractivity contribution < 1.29 is 9.52 Å². The Bertz CT molecular complexity index is 485. The molecule has 0 saturated heterocycles. The minimum atomic E-state index is -0.377. The van der Waals surface area contributed by atoms with Gasteiger partial charge in [-0.3, -0.25) is 0 Å². The second kappa shape index (κ2) is 4.23. The van der Waals surface area contributed by atoms with E-state index in [1.807, 2.05) is 0 Å². The molecule has 1 aromatic heterocycles. The van der Waals surface area contributed by atoms with Crippen LogP contribution in [0.3, 0.4) is 0 Å². The fourth-order valence-corrected chi connectivity index (χ4v) is 3.85. The molecule has 0 bridgehead atoms. The summed E-state index contributed by atoms with van der Waals surface area (Å²) in [5.74, 6) is 0.0334. The minimum absolute atomic E-state index is 0.00806. The zero-order valence-electron chi connectivity index (χ0n) is 10.8. The molecule has 2 fully saturated rings. The van der Waals surface area contributed by atoms with E-state index in [2.05, 4.69) is 5.10 Å². The van der Waals surface area contributed by atoms with Gasteiger partial charge in [0.1, 0.15) is 0 Å². The Morgan fingerprint density at radius 2 is 2.11 bits per heavy atom. The zero-order chi connectivity index (χ0) is 12.8. The van der Waals surface area contributed by atoms with E-state index in [1.54, 1.807) is 6.92 Å². The molecule has 2 unspecified atom stereocenters. The Hall–Kier alpha value is -1.10. The molecular formula is C13H20N2O3. The Kier molecular flexibility index (Phi) is 2.81. The topological polar surface area (TPSA) is 68.3 Å². The Labute approximate surface area is 106 Å². The van der Waals surface area contributed by atoms with Crippen molar-refractivity contribution in [2.45, 2.75) is 64.0 Å². The van der Waals surface area contributed by atoms with Gasteiger partial charge in [-0.2, -0.15) is 4.68 Å². The number of aromatic nitrogens is 2. The van der Waals surface area contributed by atoms with E-state index in [0.717, 1.165) is 25.7 Å². The van der Waals surface area contributed by atoms with E-state index in [1.165, 1.54) is 17.5 Å². The van der Waals surface area contributed by atoms with Gasteiger partial charge < -0.3 is 9.52 Å². The number of aryl methyl sites for hydroxylation is 1. The normalized spacial score (nSPS) is 31.0. The van der Waals surface area contributed by atoms with Crippen LogP contribution < -0.4 is 5.76 Å². The van der Waals surface area contributed by atoms with Gasteiger partial charge in [-0.25, -0.2) is 4.79 Å². The number of hydrogen-bond donors (Lipinski definition) is 1. The fourth-order valence-electron chi connectivity index (χ4n) is 3.85. The molecule has 1 heterocycles. The van der Waals surface area contributed by atoms with Gasteiger partial charge in [0, 0.05) is 6.92 Å². The first kappa shape index (κ1) is 12.0. The third-order valence-corrected chi connectivity index (χ3v) is 4.74. The van der Waals surface area contributed by atoms with E-state index in [0.29, 0.717) is 12.3 Å². The van der Waals surface area contributed by atoms with Crippen LogP contribution in [0.15, 0.2) is 9.21 Å². The summed E-state index contributed by atoms with van der Waals surface area (Å²) in [5, 5.41) is 14.1. The lowest BCUT2D eigenvalue weighted by Crippen LogP contribution is -2.41. The maximum Gasteiger partial charge on any atom is 0.437 e. The minimum Gasteiger partial charge on any atom is -0.393 e. The van der Waals surface area contributed by atoms with Gasteiger partial charge in [0.15, 0.2) is 0 Å². The van der Waals surface area contributed by atoms with Crippen molar-refractivity contribution >= 4 is 0 Å². The van der Waals surface area contributed by atoms with Crippen LogP contribution in [0.1, 0.15) is 56.9 Å². The smallest absolute Gasteiger partial charge is 0.393 e. The molecule has 5 nitrogen and oxygen atoms in total. The van der Waals surface area contributed by atoms with E-state index < -0.39 is 0 Å². The van der Waals surface area contributed by atoms with Crippen LogP contribution >= 0.6 is 0 Å². The van der Waals surface area contributed by atoms with Crippen LogP contribution in [-0.4, -0.2) is 21.0 Å². The molecule has 3 rings (SSSR count). The number of aliphatic hydroxyl groups is 1. The summed E-state index contributed by atoms with van der Waals surface area (Å²) < 4.78 is 6.51. The van der Waals surface area contributed by atoms with Crippen LogP contribution in [0.4, 0.5) is 0 Å². The lowest BCUT2D eigenvalue weighted by atomic mass is 9.68. The summed E-state index contributed by atoms with van der Waals surface area (Å²) in [6, 6.07) is 0.00806. The van der Waals surface area contributed by atoms with Crippen molar-refractivity contribution in [3.05, 3.63) is 16.4 Å². The van der Waals surface area contributed by atoms with Gasteiger partial charge in [0.2, 0.25) is 5.89 Å². The van der Waals surface area contributed by atoms with Crippen LogP contribution in [0.2, 0.25) is 0 Å². The summed E-state index contributed by atoms with van der Waals surface area (Å²) in [7, 11) is 0. The van der Waals surface area contributed by atoms with E-state index >= 15 is 0 Å². The van der Waals surface area contributed by atoms with Gasteiger partial charge in [-0.05, 0) is 37.5 Å². The molecule has 1 N–H and O–H groups in total. The lowest BCUT2D eigenvalue weighted by molar-refractivity contribution is 0.00981. The van der Waals surface area contributed by atoms with Gasteiger partial charge in [-0.15, -0.1) is 5.10 Å². The molecule has 2 atom stereocenters. The zero-order valence-corrected chi connectivity index (χ0v) is 10.8. The molecule has 0 aliphatic heterocycles. The highest BCUT2D eigenvalue weighted by molar-refractivity contribution is 4.98. The van der Waals surface area contributed by atoms with E-state index in [-0.39, 0.29) is 23.3 Å². The van der Waals surface area contributed by atoms with Crippen LogP contribution in [0.5, 0.6) is 0 Å². The molecule has 0 radical (unpaired) electrons. The monoisotopic (exact) mass is 252 g/mol. The summed E-state index contributed by atoms with van der Waals surface area (Å²) in [6.07, 6.45) is 6.89. The molecule has 0 amide bonds. The largest absolute Gasteiger partial charge is 0.437 e. The summed E-state index contributed by atoms with van der Waals surface area (Å²) in [4.78, 5) is 11.8. The summed E-state index contributed by atoms with van der Waals surface area (Å²) in [6.45, 7) is 1.69. The predicted octanol–water partition coefficient (Wildman–Crippen LogP) is 1.79. The maximum absolute atomic E-state index is 11.8. The van der Waals surface area contributed by atoms with Gasteiger partial charge in [0.05, 0.1) is 12.1 Å². The van der Waals surface area contributed by atoms with Crippen LogP contribution in [0, 0.1) is 12.3 Å². The molecular weight excluding hydrogens is 232 g/mol. The molecule has 2 aliphatic rings. The quantitative estimate of drug-likeness (QED) is 0.827. The van der Waals surface area contributed by atoms with Gasteiger partial charge >= 0.3 is 5.76 Å². The average molecular weight is 252 g/mol. The highest BCUT2D eigenvalue weighted by Crippen LogP contribution is 2.54. The molecule has 1 aromatic rings. The number of nitrogens with zero attached hydrogens (tertiary/aromatic N) is 2. The molecule has 2 aliphatic carbocycles. The van der Waals surface area contributed by atoms with E-state index in [4.69, 9.17) is 4.42 Å².